The van der Waals surface area contributed by atoms with E-state index in [4.69, 9.17) is 9.47 Å². The van der Waals surface area contributed by atoms with Crippen molar-refractivity contribution in [3.8, 4) is 0 Å². The molecule has 0 atom stereocenters. The molecule has 152 valence electrons. The van der Waals surface area contributed by atoms with Gasteiger partial charge in [-0.05, 0) is 67.0 Å². The molecule has 0 saturated carbocycles. The minimum Gasteiger partial charge on any atom is -0.463 e. The molecule has 0 spiro atoms. The Hall–Kier alpha value is -1.40. The standard InChI is InChI=1S/C20H38N2O4/c1-21(2)15-9-5-7-11-17-25-19(23)13-14-20(24)26-18-12-8-6-10-16-22(3)4/h13-14H,5-12,15-18H2,1-4H3/b14-13-. The molecule has 0 aliphatic rings. The topological polar surface area (TPSA) is 59.1 Å². The lowest BCUT2D eigenvalue weighted by atomic mass is 10.2. The van der Waals surface area contributed by atoms with Crippen LogP contribution in [0, 0.1) is 0 Å². The van der Waals surface area contributed by atoms with Gasteiger partial charge in [0, 0.05) is 12.2 Å². The maximum atomic E-state index is 11.5. The van der Waals surface area contributed by atoms with Crippen LogP contribution in [-0.2, 0) is 19.1 Å². The molecule has 26 heavy (non-hydrogen) atoms. The first-order valence-corrected chi connectivity index (χ1v) is 9.73. The average Bonchev–Trinajstić information content (AvgIpc) is 2.57. The monoisotopic (exact) mass is 370 g/mol. The summed E-state index contributed by atoms with van der Waals surface area (Å²) in [7, 11) is 8.24. The second-order valence-electron chi connectivity index (χ2n) is 7.10. The summed E-state index contributed by atoms with van der Waals surface area (Å²) >= 11 is 0. The van der Waals surface area contributed by atoms with E-state index in [1.54, 1.807) is 0 Å². The van der Waals surface area contributed by atoms with E-state index >= 15 is 0 Å². The van der Waals surface area contributed by atoms with Gasteiger partial charge in [-0.15, -0.1) is 0 Å². The van der Waals surface area contributed by atoms with Gasteiger partial charge in [-0.3, -0.25) is 0 Å². The van der Waals surface area contributed by atoms with E-state index in [0.29, 0.717) is 13.2 Å². The Kier molecular flexibility index (Phi) is 16.1. The van der Waals surface area contributed by atoms with Crippen LogP contribution >= 0.6 is 0 Å². The Balaban J connectivity index is 3.51. The molecule has 0 radical (unpaired) electrons. The van der Waals surface area contributed by atoms with Crippen LogP contribution in [0.3, 0.4) is 0 Å². The molecule has 0 heterocycles. The van der Waals surface area contributed by atoms with Crippen LogP contribution in [0.4, 0.5) is 0 Å². The third-order valence-electron chi connectivity index (χ3n) is 3.84. The van der Waals surface area contributed by atoms with E-state index in [1.165, 1.54) is 0 Å². The first-order valence-electron chi connectivity index (χ1n) is 9.73. The molecule has 0 amide bonds. The number of carbonyl (C=O) groups is 2. The van der Waals surface area contributed by atoms with Gasteiger partial charge in [0.1, 0.15) is 0 Å². The fourth-order valence-electron chi connectivity index (χ4n) is 2.35. The summed E-state index contributed by atoms with van der Waals surface area (Å²) in [5.41, 5.74) is 0. The number of esters is 2. The van der Waals surface area contributed by atoms with Gasteiger partial charge >= 0.3 is 11.9 Å². The summed E-state index contributed by atoms with van der Waals surface area (Å²) in [6, 6.07) is 0. The summed E-state index contributed by atoms with van der Waals surface area (Å²) < 4.78 is 10.1. The highest BCUT2D eigenvalue weighted by Gasteiger charge is 2.01. The molecule has 0 aliphatic heterocycles. The van der Waals surface area contributed by atoms with Crippen molar-refractivity contribution in [2.24, 2.45) is 0 Å². The van der Waals surface area contributed by atoms with Gasteiger partial charge in [0.15, 0.2) is 0 Å². The summed E-state index contributed by atoms with van der Waals surface area (Å²) in [6.07, 6.45) is 10.7. The Morgan fingerprint density at radius 3 is 1.31 bits per heavy atom. The van der Waals surface area contributed by atoms with E-state index in [2.05, 4.69) is 38.0 Å². The average molecular weight is 371 g/mol. The molecule has 0 rings (SSSR count). The van der Waals surface area contributed by atoms with Crippen LogP contribution in [0.1, 0.15) is 51.4 Å². The van der Waals surface area contributed by atoms with Gasteiger partial charge in [-0.1, -0.05) is 25.7 Å². The molecule has 0 aromatic carbocycles. The molecule has 0 N–H and O–H groups in total. The predicted octanol–water partition coefficient (Wildman–Crippen LogP) is 2.87. The number of unbranched alkanes of at least 4 members (excludes halogenated alkanes) is 6. The smallest absolute Gasteiger partial charge is 0.331 e. The second kappa shape index (κ2) is 17.0. The van der Waals surface area contributed by atoms with Crippen molar-refractivity contribution in [3.05, 3.63) is 12.2 Å². The number of hydrogen-bond donors (Lipinski definition) is 0. The zero-order chi connectivity index (χ0) is 19.6. The fraction of sp³-hybridized carbons (Fsp3) is 0.800. The van der Waals surface area contributed by atoms with E-state index in [-0.39, 0.29) is 0 Å². The fourth-order valence-corrected chi connectivity index (χ4v) is 2.35. The Bertz CT molecular complexity index is 359. The van der Waals surface area contributed by atoms with Crippen molar-refractivity contribution >= 4 is 11.9 Å². The molecular weight excluding hydrogens is 332 g/mol. The molecule has 6 heteroatoms. The number of ether oxygens (including phenoxy) is 2. The van der Waals surface area contributed by atoms with Gasteiger partial charge in [0.25, 0.3) is 0 Å². The van der Waals surface area contributed by atoms with E-state index in [1.807, 2.05) is 0 Å². The van der Waals surface area contributed by atoms with Gasteiger partial charge in [-0.25, -0.2) is 9.59 Å². The van der Waals surface area contributed by atoms with Crippen molar-refractivity contribution in [2.45, 2.75) is 51.4 Å². The minimum atomic E-state index is -0.487. The molecule has 6 nitrogen and oxygen atoms in total. The van der Waals surface area contributed by atoms with Gasteiger partial charge < -0.3 is 19.3 Å². The Morgan fingerprint density at radius 1 is 0.615 bits per heavy atom. The molecule has 0 fully saturated rings. The lowest BCUT2D eigenvalue weighted by molar-refractivity contribution is -0.140. The maximum absolute atomic E-state index is 11.5. The summed E-state index contributed by atoms with van der Waals surface area (Å²) in [6.45, 7) is 2.96. The number of rotatable bonds is 16. The van der Waals surface area contributed by atoms with Crippen LogP contribution in [0.2, 0.25) is 0 Å². The number of nitrogens with zero attached hydrogens (tertiary/aromatic N) is 2. The van der Waals surface area contributed by atoms with Gasteiger partial charge in [0.2, 0.25) is 0 Å². The molecular formula is C20H38N2O4. The molecule has 0 aliphatic carbocycles. The first kappa shape index (κ1) is 24.6. The predicted molar refractivity (Wildman–Crippen MR) is 105 cm³/mol. The first-order chi connectivity index (χ1) is 12.4. The lowest BCUT2D eigenvalue weighted by Crippen LogP contribution is -2.12. The largest absolute Gasteiger partial charge is 0.463 e. The minimum absolute atomic E-state index is 0.396. The third-order valence-corrected chi connectivity index (χ3v) is 3.84. The van der Waals surface area contributed by atoms with Crippen LogP contribution in [0.25, 0.3) is 0 Å². The van der Waals surface area contributed by atoms with E-state index in [0.717, 1.165) is 76.6 Å². The van der Waals surface area contributed by atoms with Crippen LogP contribution in [0.5, 0.6) is 0 Å². The molecule has 0 aromatic rings. The zero-order valence-electron chi connectivity index (χ0n) is 17.2. The highest BCUT2D eigenvalue weighted by molar-refractivity contribution is 5.91. The van der Waals surface area contributed by atoms with Crippen molar-refractivity contribution in [1.29, 1.82) is 0 Å². The second-order valence-corrected chi connectivity index (χ2v) is 7.10. The summed E-state index contributed by atoms with van der Waals surface area (Å²) in [5, 5.41) is 0. The highest BCUT2D eigenvalue weighted by Crippen LogP contribution is 2.02. The van der Waals surface area contributed by atoms with Crippen molar-refractivity contribution in [2.75, 3.05) is 54.5 Å². The summed E-state index contributed by atoms with van der Waals surface area (Å²) in [4.78, 5) is 27.3. The Labute approximate surface area is 159 Å². The zero-order valence-corrected chi connectivity index (χ0v) is 17.2. The SMILES string of the molecule is CN(C)CCCCCCOC(=O)/C=C\C(=O)OCCCCCCN(C)C. The van der Waals surface area contributed by atoms with Crippen molar-refractivity contribution in [1.82, 2.24) is 9.80 Å². The summed E-state index contributed by atoms with van der Waals surface area (Å²) in [5.74, 6) is -0.974. The van der Waals surface area contributed by atoms with Crippen LogP contribution < -0.4 is 0 Å². The molecule has 0 aromatic heterocycles. The van der Waals surface area contributed by atoms with Gasteiger partial charge in [0.05, 0.1) is 13.2 Å². The van der Waals surface area contributed by atoms with Gasteiger partial charge in [-0.2, -0.15) is 0 Å². The lowest BCUT2D eigenvalue weighted by Gasteiger charge is -2.08. The van der Waals surface area contributed by atoms with Crippen LogP contribution in [-0.4, -0.2) is 76.2 Å². The Morgan fingerprint density at radius 2 is 0.962 bits per heavy atom. The third kappa shape index (κ3) is 18.9. The highest BCUT2D eigenvalue weighted by atomic mass is 16.5. The quantitative estimate of drug-likeness (QED) is 0.237. The normalized spacial score (nSPS) is 11.5. The molecule has 0 saturated heterocycles. The maximum Gasteiger partial charge on any atom is 0.331 e. The van der Waals surface area contributed by atoms with Crippen molar-refractivity contribution in [3.63, 3.8) is 0 Å². The number of hydrogen-bond acceptors (Lipinski definition) is 6. The van der Waals surface area contributed by atoms with Crippen molar-refractivity contribution < 1.29 is 19.1 Å². The molecule has 0 bridgehead atoms. The van der Waals surface area contributed by atoms with E-state index in [9.17, 15) is 9.59 Å². The molecule has 0 unspecified atom stereocenters. The van der Waals surface area contributed by atoms with Crippen LogP contribution in [0.15, 0.2) is 12.2 Å². The number of carbonyl (C=O) groups excluding carboxylic acids is 2. The van der Waals surface area contributed by atoms with E-state index < -0.39 is 11.9 Å².